The fourth-order valence-corrected chi connectivity index (χ4v) is 0.848. The molecule has 0 fully saturated rings. The zero-order valence-electron chi connectivity index (χ0n) is 4.22. The second kappa shape index (κ2) is 4.74. The molecule has 0 aliphatic carbocycles. The van der Waals surface area contributed by atoms with Gasteiger partial charge in [0.1, 0.15) is 0 Å². The molecule has 8 heteroatoms. The van der Waals surface area contributed by atoms with Crippen molar-refractivity contribution in [2.75, 3.05) is 0 Å². The van der Waals surface area contributed by atoms with Gasteiger partial charge in [-0.2, -0.15) is 7.88 Å². The van der Waals surface area contributed by atoms with Crippen molar-refractivity contribution in [3.63, 3.8) is 0 Å². The Kier molecular flexibility index (Phi) is 5.19. The van der Waals surface area contributed by atoms with E-state index >= 15 is 0 Å². The topological polar surface area (TPSA) is 6.48 Å². The van der Waals surface area contributed by atoms with Crippen molar-refractivity contribution in [1.29, 1.82) is 0 Å². The van der Waals surface area contributed by atoms with Crippen molar-refractivity contribution in [2.45, 2.75) is 0 Å². The lowest BCUT2D eigenvalue weighted by Crippen LogP contribution is -2.25. The molecule has 0 saturated heterocycles. The van der Waals surface area contributed by atoms with Gasteiger partial charge in [-0.3, -0.25) is 0 Å². The Balaban J connectivity index is 4.10. The SMILES string of the molecule is S=C(C(=S)N(Cl)Cl)N(Cl)Cl. The summed E-state index contributed by atoms with van der Waals surface area (Å²) in [5, 5.41) is 0. The first-order chi connectivity index (χ1) is 4.46. The lowest BCUT2D eigenvalue weighted by Gasteiger charge is -2.10. The van der Waals surface area contributed by atoms with Crippen molar-refractivity contribution in [3.8, 4) is 0 Å². The van der Waals surface area contributed by atoms with Gasteiger partial charge in [0.2, 0.25) is 0 Å². The molecule has 0 saturated carbocycles. The van der Waals surface area contributed by atoms with Crippen molar-refractivity contribution >= 4 is 81.5 Å². The molecule has 0 aromatic heterocycles. The van der Waals surface area contributed by atoms with Crippen molar-refractivity contribution in [1.82, 2.24) is 7.88 Å². The van der Waals surface area contributed by atoms with Gasteiger partial charge in [-0.25, -0.2) is 0 Å². The number of hydrogen-bond donors (Lipinski definition) is 0. The molecule has 0 N–H and O–H groups in total. The van der Waals surface area contributed by atoms with E-state index in [1.165, 1.54) is 0 Å². The third kappa shape index (κ3) is 3.37. The van der Waals surface area contributed by atoms with E-state index in [0.717, 1.165) is 0 Å². The normalized spacial score (nSPS) is 8.80. The van der Waals surface area contributed by atoms with Crippen LogP contribution in [0.15, 0.2) is 0 Å². The minimum atomic E-state index is -0.0247. The van der Waals surface area contributed by atoms with Crippen molar-refractivity contribution in [3.05, 3.63) is 0 Å². The van der Waals surface area contributed by atoms with Gasteiger partial charge in [-0.15, -0.1) is 0 Å². The van der Waals surface area contributed by atoms with E-state index in [2.05, 4.69) is 24.4 Å². The molecule has 0 unspecified atom stereocenters. The van der Waals surface area contributed by atoms with Crippen LogP contribution in [0.25, 0.3) is 0 Å². The fraction of sp³-hybridized carbons (Fsp3) is 0. The van der Waals surface area contributed by atoms with Crippen LogP contribution in [-0.2, 0) is 0 Å². The minimum absolute atomic E-state index is 0.0247. The van der Waals surface area contributed by atoms with Crippen LogP contribution < -0.4 is 0 Å². The highest BCUT2D eigenvalue weighted by Gasteiger charge is 2.14. The average Bonchev–Trinajstić information content (AvgIpc) is 1.84. The first-order valence-electron chi connectivity index (χ1n) is 1.78. The van der Waals surface area contributed by atoms with E-state index < -0.39 is 0 Å². The molecule has 0 aliphatic rings. The molecule has 0 atom stereocenters. The van der Waals surface area contributed by atoms with Gasteiger partial charge in [0.25, 0.3) is 0 Å². The van der Waals surface area contributed by atoms with Crippen LogP contribution in [0.1, 0.15) is 0 Å². The lowest BCUT2D eigenvalue weighted by atomic mass is 10.7. The Bertz CT molecular complexity index is 139. The quantitative estimate of drug-likeness (QED) is 0.486. The van der Waals surface area contributed by atoms with Gasteiger partial charge in [0.05, 0.1) is 0 Å². The molecule has 0 aromatic carbocycles. The molecule has 0 amide bonds. The van der Waals surface area contributed by atoms with Crippen LogP contribution in [0, 0.1) is 0 Å². The summed E-state index contributed by atoms with van der Waals surface area (Å²) in [6.45, 7) is 0. The first-order valence-corrected chi connectivity index (χ1v) is 3.95. The van der Waals surface area contributed by atoms with Gasteiger partial charge in [0.15, 0.2) is 9.98 Å². The smallest absolute Gasteiger partial charge is 0.171 e. The third-order valence-corrected chi connectivity index (χ3v) is 2.45. The summed E-state index contributed by atoms with van der Waals surface area (Å²) >= 11 is 29.9. The second-order valence-corrected chi connectivity index (χ2v) is 3.55. The fourth-order valence-electron chi connectivity index (χ4n) is 0.145. The Morgan fingerprint density at radius 1 is 0.800 bits per heavy atom. The average molecular weight is 258 g/mol. The number of rotatable bonds is 0. The Morgan fingerprint density at radius 2 is 1.00 bits per heavy atom. The summed E-state index contributed by atoms with van der Waals surface area (Å²) in [6.07, 6.45) is 0. The van der Waals surface area contributed by atoms with Gasteiger partial charge in [0, 0.05) is 47.1 Å². The monoisotopic (exact) mass is 256 g/mol. The predicted molar refractivity (Wildman–Crippen MR) is 52.3 cm³/mol. The molecule has 10 heavy (non-hydrogen) atoms. The molecule has 0 aliphatic heterocycles. The number of thiocarbonyl (C=S) groups is 2. The predicted octanol–water partition coefficient (Wildman–Crippen LogP) is 2.86. The van der Waals surface area contributed by atoms with Gasteiger partial charge < -0.3 is 0 Å². The molecular weight excluding hydrogens is 258 g/mol. The third-order valence-electron chi connectivity index (χ3n) is 0.490. The van der Waals surface area contributed by atoms with E-state index in [0.29, 0.717) is 7.88 Å². The van der Waals surface area contributed by atoms with Gasteiger partial charge >= 0.3 is 0 Å². The highest BCUT2D eigenvalue weighted by molar-refractivity contribution is 7.89. The number of nitrogens with zero attached hydrogens (tertiary/aromatic N) is 2. The largest absolute Gasteiger partial charge is 0.180 e. The molecule has 58 valence electrons. The summed E-state index contributed by atoms with van der Waals surface area (Å²) in [7, 11) is 0. The van der Waals surface area contributed by atoms with E-state index in [1.807, 2.05) is 0 Å². The molecule has 0 bridgehead atoms. The van der Waals surface area contributed by atoms with Crippen molar-refractivity contribution in [2.24, 2.45) is 0 Å². The maximum absolute atomic E-state index is 5.19. The van der Waals surface area contributed by atoms with E-state index in [1.54, 1.807) is 0 Å². The molecule has 0 heterocycles. The summed E-state index contributed by atoms with van der Waals surface area (Å²) in [4.78, 5) is -0.0494. The van der Waals surface area contributed by atoms with Crippen LogP contribution in [0.4, 0.5) is 0 Å². The Hall–Kier alpha value is 0.940. The summed E-state index contributed by atoms with van der Waals surface area (Å²) in [5.74, 6) is 0. The standard InChI is InChI=1S/C2Cl4N2S2/c3-7(4)1(9)2(10)8(5)6. The molecular formula is C2Cl4N2S2. The van der Waals surface area contributed by atoms with Crippen LogP contribution in [0.5, 0.6) is 0 Å². The Morgan fingerprint density at radius 3 is 1.10 bits per heavy atom. The lowest BCUT2D eigenvalue weighted by molar-refractivity contribution is 1.07. The highest BCUT2D eigenvalue weighted by atomic mass is 35.5. The van der Waals surface area contributed by atoms with E-state index in [4.69, 9.17) is 47.1 Å². The van der Waals surface area contributed by atoms with Crippen LogP contribution in [0.3, 0.4) is 0 Å². The van der Waals surface area contributed by atoms with Crippen molar-refractivity contribution < 1.29 is 0 Å². The highest BCUT2D eigenvalue weighted by Crippen LogP contribution is 2.10. The van der Waals surface area contributed by atoms with Crippen LogP contribution in [0.2, 0.25) is 0 Å². The summed E-state index contributed by atoms with van der Waals surface area (Å²) < 4.78 is 1.21. The van der Waals surface area contributed by atoms with Gasteiger partial charge in [-0.05, 0) is 0 Å². The Labute approximate surface area is 89.0 Å². The zero-order chi connectivity index (χ0) is 8.31. The maximum Gasteiger partial charge on any atom is 0.171 e. The molecule has 0 rings (SSSR count). The van der Waals surface area contributed by atoms with Gasteiger partial charge in [-0.1, -0.05) is 24.4 Å². The van der Waals surface area contributed by atoms with E-state index in [9.17, 15) is 0 Å². The summed E-state index contributed by atoms with van der Waals surface area (Å²) in [5.41, 5.74) is 0. The number of halogens is 4. The molecule has 0 spiro atoms. The maximum atomic E-state index is 5.19. The van der Waals surface area contributed by atoms with E-state index in [-0.39, 0.29) is 9.98 Å². The van der Waals surface area contributed by atoms with Crippen LogP contribution >= 0.6 is 71.5 Å². The second-order valence-electron chi connectivity index (χ2n) is 1.08. The first kappa shape index (κ1) is 10.9. The number of hydrogen-bond acceptors (Lipinski definition) is 2. The van der Waals surface area contributed by atoms with Crippen LogP contribution in [-0.4, -0.2) is 17.9 Å². The molecule has 0 radical (unpaired) electrons. The molecule has 2 nitrogen and oxygen atoms in total. The minimum Gasteiger partial charge on any atom is -0.180 e. The molecule has 0 aromatic rings. The zero-order valence-corrected chi connectivity index (χ0v) is 8.88. The summed E-state index contributed by atoms with van der Waals surface area (Å²) in [6, 6.07) is 0.